The molecule has 2 heterocycles. The van der Waals surface area contributed by atoms with Gasteiger partial charge in [-0.1, -0.05) is 19.3 Å². The Morgan fingerprint density at radius 1 is 1.00 bits per heavy atom. The van der Waals surface area contributed by atoms with Crippen molar-refractivity contribution in [1.82, 2.24) is 25.8 Å². The van der Waals surface area contributed by atoms with Gasteiger partial charge in [-0.05, 0) is 25.7 Å². The zero-order valence-electron chi connectivity index (χ0n) is 18.7. The van der Waals surface area contributed by atoms with E-state index in [-0.39, 0.29) is 55.0 Å². The van der Waals surface area contributed by atoms with E-state index in [1.165, 1.54) is 16.2 Å². The van der Waals surface area contributed by atoms with Crippen molar-refractivity contribution in [2.24, 2.45) is 0 Å². The fourth-order valence-electron chi connectivity index (χ4n) is 4.49. The van der Waals surface area contributed by atoms with Gasteiger partial charge in [-0.15, -0.1) is 11.8 Å². The Labute approximate surface area is 197 Å². The molecule has 0 bridgehead atoms. The minimum atomic E-state index is -1.27. The molecule has 1 aliphatic carbocycles. The van der Waals surface area contributed by atoms with E-state index in [1.807, 2.05) is 0 Å². The Balaban J connectivity index is 1.65. The molecule has 5 amide bonds. The van der Waals surface area contributed by atoms with E-state index in [0.717, 1.165) is 43.9 Å². The average molecular weight is 483 g/mol. The Kier molecular flexibility index (Phi) is 9.21. The minimum Gasteiger partial charge on any atom is -0.549 e. The highest BCUT2D eigenvalue weighted by molar-refractivity contribution is 8.00. The predicted molar refractivity (Wildman–Crippen MR) is 119 cm³/mol. The second-order valence-electron chi connectivity index (χ2n) is 8.69. The summed E-state index contributed by atoms with van der Waals surface area (Å²) in [6.07, 6.45) is 6.42. The number of carbonyl (C=O) groups is 5. The van der Waals surface area contributed by atoms with E-state index in [0.29, 0.717) is 13.0 Å². The van der Waals surface area contributed by atoms with Crippen molar-refractivity contribution in [3.63, 3.8) is 0 Å². The number of nitrogens with zero attached hydrogens (tertiary/aromatic N) is 2. The molecule has 1 saturated carbocycles. The molecule has 11 nitrogen and oxygen atoms in total. The summed E-state index contributed by atoms with van der Waals surface area (Å²) in [6.45, 7) is 0.987. The maximum Gasteiger partial charge on any atom is 0.317 e. The number of aliphatic carboxylic acids is 1. The monoisotopic (exact) mass is 482 g/mol. The molecule has 3 N–H and O–H groups in total. The number of hydrogen-bond donors (Lipinski definition) is 3. The lowest BCUT2D eigenvalue weighted by Crippen LogP contribution is -2.65. The molecule has 0 aromatic carbocycles. The van der Waals surface area contributed by atoms with Crippen molar-refractivity contribution in [3.05, 3.63) is 0 Å². The van der Waals surface area contributed by atoms with E-state index in [4.69, 9.17) is 0 Å². The van der Waals surface area contributed by atoms with Gasteiger partial charge in [0.05, 0.1) is 18.3 Å². The van der Waals surface area contributed by atoms with Crippen LogP contribution in [0.2, 0.25) is 0 Å². The fourth-order valence-corrected chi connectivity index (χ4v) is 5.09. The Bertz CT molecular complexity index is 759. The van der Waals surface area contributed by atoms with E-state index in [9.17, 15) is 29.1 Å². The van der Waals surface area contributed by atoms with Gasteiger partial charge in [0.15, 0.2) is 0 Å². The van der Waals surface area contributed by atoms with Crippen LogP contribution in [0.4, 0.5) is 4.79 Å². The summed E-state index contributed by atoms with van der Waals surface area (Å²) in [5.41, 5.74) is 0. The number of piperidine rings is 1. The highest BCUT2D eigenvalue weighted by Crippen LogP contribution is 2.19. The van der Waals surface area contributed by atoms with Crippen molar-refractivity contribution in [2.45, 2.75) is 63.1 Å². The molecule has 3 rings (SSSR count). The summed E-state index contributed by atoms with van der Waals surface area (Å²) < 4.78 is 0. The first-order valence-corrected chi connectivity index (χ1v) is 12.7. The van der Waals surface area contributed by atoms with Crippen LogP contribution in [0.25, 0.3) is 0 Å². The van der Waals surface area contributed by atoms with Crippen molar-refractivity contribution >= 4 is 41.5 Å². The summed E-state index contributed by atoms with van der Waals surface area (Å²) in [7, 11) is 0. The van der Waals surface area contributed by atoms with Crippen LogP contribution in [0.3, 0.4) is 0 Å². The Morgan fingerprint density at radius 3 is 2.45 bits per heavy atom. The van der Waals surface area contributed by atoms with E-state index >= 15 is 0 Å². The van der Waals surface area contributed by atoms with Gasteiger partial charge in [-0.25, -0.2) is 4.79 Å². The second-order valence-corrected chi connectivity index (χ2v) is 9.68. The molecule has 2 atom stereocenters. The zero-order chi connectivity index (χ0) is 23.8. The third-order valence-electron chi connectivity index (χ3n) is 6.27. The molecule has 3 fully saturated rings. The quantitative estimate of drug-likeness (QED) is 0.396. The molecule has 2 aliphatic heterocycles. The molecule has 184 valence electrons. The zero-order valence-corrected chi connectivity index (χ0v) is 19.5. The van der Waals surface area contributed by atoms with Gasteiger partial charge in [0.25, 0.3) is 0 Å². The number of rotatable bonds is 7. The molecule has 0 radical (unpaired) electrons. The smallest absolute Gasteiger partial charge is 0.317 e. The lowest BCUT2D eigenvalue weighted by Gasteiger charge is -2.41. The third kappa shape index (κ3) is 7.24. The van der Waals surface area contributed by atoms with E-state index < -0.39 is 24.0 Å². The SMILES string of the molecule is O=C([O-])CSCC(=O)N1CCN(C(=O)NC2CCCCC2)C[C@H]1C(=O)N[C@H]1CCCNC1=O. The van der Waals surface area contributed by atoms with Crippen LogP contribution in [0.15, 0.2) is 0 Å². The number of urea groups is 1. The number of piperazine rings is 1. The number of amides is 5. The number of thioether (sulfide) groups is 1. The number of carboxylic acids is 1. The van der Waals surface area contributed by atoms with E-state index in [1.54, 1.807) is 0 Å². The summed E-state index contributed by atoms with van der Waals surface area (Å²) in [4.78, 5) is 64.4. The standard InChI is InChI=1S/C21H33N5O6S/c27-17(12-33-13-18(28)29)26-10-9-25(21(32)23-14-5-2-1-3-6-14)11-16(26)20(31)24-15-7-4-8-22-19(15)30/h14-16H,1-13H2,(H,22,30)(H,23,32)(H,24,31)(H,28,29)/p-1/t15-,16-/m0/s1. The molecule has 2 saturated heterocycles. The van der Waals surface area contributed by atoms with Gasteiger partial charge in [0, 0.05) is 31.4 Å². The molecule has 33 heavy (non-hydrogen) atoms. The predicted octanol–water partition coefficient (Wildman–Crippen LogP) is -1.58. The minimum absolute atomic E-state index is 0.00954. The Morgan fingerprint density at radius 2 is 1.76 bits per heavy atom. The van der Waals surface area contributed by atoms with Crippen LogP contribution in [-0.2, 0) is 19.2 Å². The number of carbonyl (C=O) groups excluding carboxylic acids is 5. The molecule has 0 spiro atoms. The molecule has 0 aromatic heterocycles. The molecule has 0 unspecified atom stereocenters. The van der Waals surface area contributed by atoms with Crippen LogP contribution in [0.5, 0.6) is 0 Å². The summed E-state index contributed by atoms with van der Waals surface area (Å²) in [5.74, 6) is -2.86. The van der Waals surface area contributed by atoms with Gasteiger partial charge >= 0.3 is 6.03 Å². The number of carboxylic acid groups (broad SMARTS) is 1. The lowest BCUT2D eigenvalue weighted by atomic mass is 9.96. The highest BCUT2D eigenvalue weighted by Gasteiger charge is 2.38. The van der Waals surface area contributed by atoms with Gasteiger partial charge in [-0.3, -0.25) is 14.4 Å². The normalized spacial score (nSPS) is 24.1. The fraction of sp³-hybridized carbons (Fsp3) is 0.762. The third-order valence-corrected chi connectivity index (χ3v) is 7.16. The highest BCUT2D eigenvalue weighted by atomic mass is 32.2. The first-order chi connectivity index (χ1) is 15.8. The van der Waals surface area contributed by atoms with Crippen molar-refractivity contribution in [2.75, 3.05) is 37.7 Å². The van der Waals surface area contributed by atoms with Crippen LogP contribution in [-0.4, -0.2) is 95.3 Å². The maximum atomic E-state index is 13.1. The maximum absolute atomic E-state index is 13.1. The van der Waals surface area contributed by atoms with Crippen LogP contribution in [0.1, 0.15) is 44.9 Å². The first kappa shape index (κ1) is 25.1. The van der Waals surface area contributed by atoms with E-state index in [2.05, 4.69) is 16.0 Å². The van der Waals surface area contributed by atoms with Crippen LogP contribution < -0.4 is 21.1 Å². The molecular formula is C21H32N5O6S-. The second kappa shape index (κ2) is 12.1. The van der Waals surface area contributed by atoms with Crippen molar-refractivity contribution < 1.29 is 29.1 Å². The molecule has 12 heteroatoms. The molecule has 3 aliphatic rings. The van der Waals surface area contributed by atoms with Gasteiger partial charge in [0.2, 0.25) is 17.7 Å². The van der Waals surface area contributed by atoms with Gasteiger partial charge in [-0.2, -0.15) is 0 Å². The largest absolute Gasteiger partial charge is 0.549 e. The number of nitrogens with one attached hydrogen (secondary N) is 3. The molecular weight excluding hydrogens is 450 g/mol. The number of hydrogen-bond acceptors (Lipinski definition) is 7. The summed E-state index contributed by atoms with van der Waals surface area (Å²) in [6, 6.07) is -1.78. The molecule has 0 aromatic rings. The van der Waals surface area contributed by atoms with Crippen LogP contribution in [0, 0.1) is 0 Å². The first-order valence-electron chi connectivity index (χ1n) is 11.6. The lowest BCUT2D eigenvalue weighted by molar-refractivity contribution is -0.301. The average Bonchev–Trinajstić information content (AvgIpc) is 2.80. The van der Waals surface area contributed by atoms with Crippen LogP contribution >= 0.6 is 11.8 Å². The van der Waals surface area contributed by atoms with Gasteiger partial charge < -0.3 is 35.7 Å². The van der Waals surface area contributed by atoms with Crippen molar-refractivity contribution in [1.29, 1.82) is 0 Å². The van der Waals surface area contributed by atoms with Gasteiger partial charge in [0.1, 0.15) is 12.1 Å². The topological polar surface area (TPSA) is 151 Å². The summed E-state index contributed by atoms with van der Waals surface area (Å²) in [5, 5.41) is 19.1. The summed E-state index contributed by atoms with van der Waals surface area (Å²) >= 11 is 0.901. The Hall–Kier alpha value is -2.50. The van der Waals surface area contributed by atoms with Crippen molar-refractivity contribution in [3.8, 4) is 0 Å².